The van der Waals surface area contributed by atoms with Crippen molar-refractivity contribution in [3.05, 3.63) is 53.1 Å². The molecule has 0 fully saturated rings. The number of carbonyl (C=O) groups excluding carboxylic acids is 1. The number of amides is 1. The average Bonchev–Trinajstić information content (AvgIpc) is 2.86. The molecule has 0 saturated heterocycles. The molecular formula is C19H20ClNO4. The molecule has 0 radical (unpaired) electrons. The molecule has 0 aliphatic carbocycles. The second kappa shape index (κ2) is 8.12. The minimum atomic E-state index is -0.199. The molecule has 1 aliphatic rings. The van der Waals surface area contributed by atoms with Crippen LogP contribution in [0.15, 0.2) is 42.5 Å². The zero-order valence-corrected chi connectivity index (χ0v) is 14.7. The Morgan fingerprint density at radius 1 is 1.16 bits per heavy atom. The van der Waals surface area contributed by atoms with Gasteiger partial charge in [0.2, 0.25) is 0 Å². The summed E-state index contributed by atoms with van der Waals surface area (Å²) >= 11 is 5.82. The molecule has 1 aliphatic heterocycles. The van der Waals surface area contributed by atoms with Crippen LogP contribution < -0.4 is 19.5 Å². The zero-order valence-electron chi connectivity index (χ0n) is 14.0. The Kier molecular flexibility index (Phi) is 5.66. The fraction of sp³-hybridized carbons (Fsp3) is 0.316. The first-order chi connectivity index (χ1) is 12.1. The summed E-state index contributed by atoms with van der Waals surface area (Å²) in [5, 5.41) is 3.54. The van der Waals surface area contributed by atoms with Crippen LogP contribution in [0, 0.1) is 0 Å². The third-order valence-corrected chi connectivity index (χ3v) is 4.08. The Hall–Kier alpha value is -2.40. The fourth-order valence-electron chi connectivity index (χ4n) is 2.50. The van der Waals surface area contributed by atoms with Crippen LogP contribution in [0.1, 0.15) is 24.9 Å². The number of hydrogen-bond donors (Lipinski definition) is 1. The lowest BCUT2D eigenvalue weighted by Crippen LogP contribution is -2.31. The molecule has 0 aromatic heterocycles. The van der Waals surface area contributed by atoms with E-state index in [0.717, 1.165) is 17.7 Å². The predicted molar refractivity (Wildman–Crippen MR) is 95.6 cm³/mol. The average molecular weight is 362 g/mol. The Bertz CT molecular complexity index is 733. The van der Waals surface area contributed by atoms with E-state index < -0.39 is 0 Å². The number of rotatable bonds is 5. The van der Waals surface area contributed by atoms with Gasteiger partial charge in [-0.15, -0.1) is 0 Å². The lowest BCUT2D eigenvalue weighted by atomic mass is 10.1. The summed E-state index contributed by atoms with van der Waals surface area (Å²) in [6.45, 7) is 3.14. The van der Waals surface area contributed by atoms with Gasteiger partial charge in [-0.05, 0) is 48.9 Å². The van der Waals surface area contributed by atoms with Gasteiger partial charge in [-0.3, -0.25) is 4.79 Å². The monoisotopic (exact) mass is 361 g/mol. The second-order valence-electron chi connectivity index (χ2n) is 5.79. The smallest absolute Gasteiger partial charge is 0.258 e. The number of halogens is 1. The summed E-state index contributed by atoms with van der Waals surface area (Å²) < 4.78 is 16.8. The predicted octanol–water partition coefficient (Wildman–Crippen LogP) is 3.76. The van der Waals surface area contributed by atoms with Crippen molar-refractivity contribution in [3.63, 3.8) is 0 Å². The maximum absolute atomic E-state index is 12.1. The van der Waals surface area contributed by atoms with Gasteiger partial charge in [0, 0.05) is 11.4 Å². The number of nitrogens with one attached hydrogen (secondary N) is 1. The molecule has 25 heavy (non-hydrogen) atoms. The van der Waals surface area contributed by atoms with E-state index in [1.165, 1.54) is 0 Å². The molecule has 2 aromatic rings. The first-order valence-electron chi connectivity index (χ1n) is 8.19. The Labute approximate surface area is 151 Å². The number of fused-ring (bicyclic) bond motifs is 1. The van der Waals surface area contributed by atoms with Crippen LogP contribution in [0.25, 0.3) is 0 Å². The molecule has 3 rings (SSSR count). The quantitative estimate of drug-likeness (QED) is 0.881. The lowest BCUT2D eigenvalue weighted by molar-refractivity contribution is -0.123. The highest BCUT2D eigenvalue weighted by Gasteiger charge is 2.15. The van der Waals surface area contributed by atoms with Crippen molar-refractivity contribution in [1.82, 2.24) is 5.32 Å². The van der Waals surface area contributed by atoms with Crippen molar-refractivity contribution in [2.24, 2.45) is 0 Å². The number of hydrogen-bond acceptors (Lipinski definition) is 4. The number of benzene rings is 2. The summed E-state index contributed by atoms with van der Waals surface area (Å²) in [6, 6.07) is 12.4. The molecule has 0 bridgehead atoms. The minimum Gasteiger partial charge on any atom is -0.490 e. The SMILES string of the molecule is CC(NC(=O)COc1ccc(Cl)cc1)c1ccc2c(c1)OCCCO2. The third-order valence-electron chi connectivity index (χ3n) is 3.83. The van der Waals surface area contributed by atoms with Gasteiger partial charge >= 0.3 is 0 Å². The topological polar surface area (TPSA) is 56.8 Å². The molecule has 132 valence electrons. The van der Waals surface area contributed by atoms with Crippen LogP contribution in [0.5, 0.6) is 17.2 Å². The summed E-state index contributed by atoms with van der Waals surface area (Å²) in [5.74, 6) is 1.86. The highest BCUT2D eigenvalue weighted by atomic mass is 35.5. The molecule has 0 saturated carbocycles. The van der Waals surface area contributed by atoms with Crippen LogP contribution in [-0.2, 0) is 4.79 Å². The van der Waals surface area contributed by atoms with E-state index in [1.54, 1.807) is 24.3 Å². The zero-order chi connectivity index (χ0) is 17.6. The van der Waals surface area contributed by atoms with E-state index in [0.29, 0.717) is 29.7 Å². The number of ether oxygens (including phenoxy) is 3. The van der Waals surface area contributed by atoms with Gasteiger partial charge < -0.3 is 19.5 Å². The van der Waals surface area contributed by atoms with E-state index in [-0.39, 0.29) is 18.6 Å². The Balaban J connectivity index is 1.56. The molecule has 6 heteroatoms. The van der Waals surface area contributed by atoms with Gasteiger partial charge in [0.05, 0.1) is 19.3 Å². The molecule has 1 amide bonds. The Morgan fingerprint density at radius 2 is 1.88 bits per heavy atom. The van der Waals surface area contributed by atoms with Gasteiger partial charge in [0.25, 0.3) is 5.91 Å². The summed E-state index contributed by atoms with van der Waals surface area (Å²) in [7, 11) is 0. The van der Waals surface area contributed by atoms with Crippen molar-refractivity contribution >= 4 is 17.5 Å². The highest BCUT2D eigenvalue weighted by molar-refractivity contribution is 6.30. The molecule has 1 atom stereocenters. The van der Waals surface area contributed by atoms with Crippen molar-refractivity contribution in [2.75, 3.05) is 19.8 Å². The Morgan fingerprint density at radius 3 is 2.64 bits per heavy atom. The molecule has 1 unspecified atom stereocenters. The van der Waals surface area contributed by atoms with Gasteiger partial charge in [0.1, 0.15) is 5.75 Å². The fourth-order valence-corrected chi connectivity index (χ4v) is 2.62. The summed E-state index contributed by atoms with van der Waals surface area (Å²) in [5.41, 5.74) is 0.948. The van der Waals surface area contributed by atoms with Crippen LogP contribution >= 0.6 is 11.6 Å². The normalized spacial score (nSPS) is 14.3. The highest BCUT2D eigenvalue weighted by Crippen LogP contribution is 2.32. The maximum Gasteiger partial charge on any atom is 0.258 e. The van der Waals surface area contributed by atoms with Gasteiger partial charge in [-0.25, -0.2) is 0 Å². The molecule has 5 nitrogen and oxygen atoms in total. The molecular weight excluding hydrogens is 342 g/mol. The van der Waals surface area contributed by atoms with Crippen molar-refractivity contribution < 1.29 is 19.0 Å². The summed E-state index contributed by atoms with van der Waals surface area (Å²) in [6.07, 6.45) is 0.859. The van der Waals surface area contributed by atoms with Crippen molar-refractivity contribution in [3.8, 4) is 17.2 Å². The van der Waals surface area contributed by atoms with Crippen LogP contribution in [0.4, 0.5) is 0 Å². The molecule has 2 aromatic carbocycles. The maximum atomic E-state index is 12.1. The largest absolute Gasteiger partial charge is 0.490 e. The molecule has 0 spiro atoms. The molecule has 1 heterocycles. The van der Waals surface area contributed by atoms with Gasteiger partial charge in [0.15, 0.2) is 18.1 Å². The van der Waals surface area contributed by atoms with E-state index in [9.17, 15) is 4.79 Å². The van der Waals surface area contributed by atoms with Crippen molar-refractivity contribution in [2.45, 2.75) is 19.4 Å². The van der Waals surface area contributed by atoms with Gasteiger partial charge in [-0.1, -0.05) is 17.7 Å². The minimum absolute atomic E-state index is 0.0590. The van der Waals surface area contributed by atoms with E-state index in [2.05, 4.69) is 5.32 Å². The van der Waals surface area contributed by atoms with Gasteiger partial charge in [-0.2, -0.15) is 0 Å². The second-order valence-corrected chi connectivity index (χ2v) is 6.22. The van der Waals surface area contributed by atoms with Crippen molar-refractivity contribution in [1.29, 1.82) is 0 Å². The van der Waals surface area contributed by atoms with Crippen LogP contribution in [-0.4, -0.2) is 25.7 Å². The van der Waals surface area contributed by atoms with Crippen LogP contribution in [0.2, 0.25) is 5.02 Å². The van der Waals surface area contributed by atoms with Crippen LogP contribution in [0.3, 0.4) is 0 Å². The lowest BCUT2D eigenvalue weighted by Gasteiger charge is -2.16. The first kappa shape index (κ1) is 17.4. The van der Waals surface area contributed by atoms with E-state index in [1.807, 2.05) is 25.1 Å². The molecule has 1 N–H and O–H groups in total. The third kappa shape index (κ3) is 4.79. The first-order valence-corrected chi connectivity index (χ1v) is 8.57. The van der Waals surface area contributed by atoms with E-state index >= 15 is 0 Å². The van der Waals surface area contributed by atoms with E-state index in [4.69, 9.17) is 25.8 Å². The summed E-state index contributed by atoms with van der Waals surface area (Å²) in [4.78, 5) is 12.1. The number of carbonyl (C=O) groups is 1. The standard InChI is InChI=1S/C19H20ClNO4/c1-13(14-3-8-17-18(11-14)24-10-2-9-23-17)21-19(22)12-25-16-6-4-15(20)5-7-16/h3-8,11,13H,2,9-10,12H2,1H3,(H,21,22).